The Labute approximate surface area is 129 Å². The Morgan fingerprint density at radius 3 is 2.76 bits per heavy atom. The second kappa shape index (κ2) is 5.44. The molecule has 0 spiro atoms. The minimum atomic E-state index is -3.49. The van der Waals surface area contributed by atoms with Gasteiger partial charge in [-0.15, -0.1) is 11.3 Å². The highest BCUT2D eigenvalue weighted by Crippen LogP contribution is 2.37. The highest BCUT2D eigenvalue weighted by atomic mass is 32.2. The fourth-order valence-electron chi connectivity index (χ4n) is 2.61. The molecule has 1 aliphatic heterocycles. The smallest absolute Gasteiger partial charge is 0.273 e. The summed E-state index contributed by atoms with van der Waals surface area (Å²) in [6.07, 6.45) is 1.49. The zero-order valence-electron chi connectivity index (χ0n) is 11.8. The van der Waals surface area contributed by atoms with Crippen molar-refractivity contribution >= 4 is 27.0 Å². The Morgan fingerprint density at radius 2 is 2.05 bits per heavy atom. The Balaban J connectivity index is 2.06. The van der Waals surface area contributed by atoms with Gasteiger partial charge in [-0.05, 0) is 36.6 Å². The molecule has 1 aromatic carbocycles. The zero-order chi connectivity index (χ0) is 15.0. The predicted molar refractivity (Wildman–Crippen MR) is 86.2 cm³/mol. The maximum absolute atomic E-state index is 12.9. The largest absolute Gasteiger partial charge is 0.324 e. The predicted octanol–water partition coefficient (Wildman–Crippen LogP) is 2.91. The van der Waals surface area contributed by atoms with Crippen molar-refractivity contribution in [3.05, 3.63) is 46.8 Å². The van der Waals surface area contributed by atoms with Crippen molar-refractivity contribution < 1.29 is 8.42 Å². The summed E-state index contributed by atoms with van der Waals surface area (Å²) in [7, 11) is -3.49. The summed E-state index contributed by atoms with van der Waals surface area (Å²) < 4.78 is 27.7. The van der Waals surface area contributed by atoms with Crippen LogP contribution in [0.2, 0.25) is 0 Å². The molecular weight excluding hydrogens is 304 g/mol. The van der Waals surface area contributed by atoms with Gasteiger partial charge in [-0.1, -0.05) is 25.1 Å². The van der Waals surface area contributed by atoms with Gasteiger partial charge in [0, 0.05) is 17.5 Å². The number of benzene rings is 1. The average Bonchev–Trinajstić information content (AvgIpc) is 2.97. The van der Waals surface area contributed by atoms with E-state index >= 15 is 0 Å². The lowest BCUT2D eigenvalue weighted by atomic mass is 9.99. The summed E-state index contributed by atoms with van der Waals surface area (Å²) in [6, 6.07) is 11.0. The van der Waals surface area contributed by atoms with Crippen molar-refractivity contribution in [2.24, 2.45) is 5.73 Å². The second-order valence-electron chi connectivity index (χ2n) is 5.11. The molecule has 1 unspecified atom stereocenters. The number of anilines is 1. The molecule has 21 heavy (non-hydrogen) atoms. The number of sulfonamides is 1. The molecular formula is C15H18N2O2S2. The van der Waals surface area contributed by atoms with Crippen LogP contribution in [0.25, 0.3) is 0 Å². The molecule has 1 aliphatic rings. The van der Waals surface area contributed by atoms with E-state index in [2.05, 4.69) is 0 Å². The lowest BCUT2D eigenvalue weighted by Crippen LogP contribution is -2.37. The summed E-state index contributed by atoms with van der Waals surface area (Å²) in [6.45, 7) is 2.46. The highest BCUT2D eigenvalue weighted by Gasteiger charge is 2.32. The summed E-state index contributed by atoms with van der Waals surface area (Å²) in [5.41, 5.74) is 7.71. The fraction of sp³-hybridized carbons (Fsp3) is 0.333. The molecule has 3 rings (SSSR count). The zero-order valence-corrected chi connectivity index (χ0v) is 13.5. The summed E-state index contributed by atoms with van der Waals surface area (Å²) in [5.74, 6) is 0. The second-order valence-corrected chi connectivity index (χ2v) is 8.36. The fourth-order valence-corrected chi connectivity index (χ4v) is 5.52. The van der Waals surface area contributed by atoms with Crippen LogP contribution in [0, 0.1) is 0 Å². The topological polar surface area (TPSA) is 63.4 Å². The number of nitrogens with zero attached hydrogens (tertiary/aromatic N) is 1. The van der Waals surface area contributed by atoms with E-state index in [1.165, 1.54) is 15.6 Å². The SMILES string of the molecule is CCc1ccc(S(=O)(=O)N2CCC(N)c3ccccc32)s1. The minimum absolute atomic E-state index is 0.0952. The third-order valence-electron chi connectivity index (χ3n) is 3.78. The number of hydrogen-bond acceptors (Lipinski definition) is 4. The van der Waals surface area contributed by atoms with Gasteiger partial charge in [0.15, 0.2) is 0 Å². The molecule has 0 amide bonds. The summed E-state index contributed by atoms with van der Waals surface area (Å²) in [4.78, 5) is 1.08. The molecule has 1 atom stereocenters. The molecule has 2 aromatic rings. The van der Waals surface area contributed by atoms with E-state index in [4.69, 9.17) is 5.73 Å². The van der Waals surface area contributed by atoms with Crippen LogP contribution in [-0.4, -0.2) is 15.0 Å². The van der Waals surface area contributed by atoms with Gasteiger partial charge in [-0.3, -0.25) is 4.31 Å². The molecule has 0 fully saturated rings. The number of hydrogen-bond donors (Lipinski definition) is 1. The normalized spacial score (nSPS) is 18.6. The van der Waals surface area contributed by atoms with Crippen molar-refractivity contribution in [3.63, 3.8) is 0 Å². The minimum Gasteiger partial charge on any atom is -0.324 e. The first-order chi connectivity index (χ1) is 10.0. The molecule has 0 saturated carbocycles. The molecule has 0 radical (unpaired) electrons. The van der Waals surface area contributed by atoms with Crippen LogP contribution >= 0.6 is 11.3 Å². The van der Waals surface area contributed by atoms with Crippen LogP contribution in [0.4, 0.5) is 5.69 Å². The Bertz CT molecular complexity index is 753. The van der Waals surface area contributed by atoms with Gasteiger partial charge in [0.05, 0.1) is 5.69 Å². The number of aryl methyl sites for hydroxylation is 1. The van der Waals surface area contributed by atoms with Gasteiger partial charge >= 0.3 is 0 Å². The number of nitrogens with two attached hydrogens (primary N) is 1. The van der Waals surface area contributed by atoms with Crippen LogP contribution in [-0.2, 0) is 16.4 Å². The molecule has 4 nitrogen and oxygen atoms in total. The van der Waals surface area contributed by atoms with E-state index in [9.17, 15) is 8.42 Å². The lowest BCUT2D eigenvalue weighted by Gasteiger charge is -2.33. The Hall–Kier alpha value is -1.37. The summed E-state index contributed by atoms with van der Waals surface area (Å²) in [5, 5.41) is 0. The van der Waals surface area contributed by atoms with Crippen LogP contribution < -0.4 is 10.0 Å². The molecule has 0 saturated heterocycles. The van der Waals surface area contributed by atoms with Gasteiger partial charge in [0.25, 0.3) is 10.0 Å². The van der Waals surface area contributed by atoms with Crippen LogP contribution in [0.1, 0.15) is 29.8 Å². The van der Waals surface area contributed by atoms with E-state index in [0.29, 0.717) is 22.9 Å². The number of rotatable bonds is 3. The first-order valence-electron chi connectivity index (χ1n) is 7.00. The van der Waals surface area contributed by atoms with Gasteiger partial charge in [-0.2, -0.15) is 0 Å². The van der Waals surface area contributed by atoms with E-state index in [0.717, 1.165) is 16.9 Å². The maximum atomic E-state index is 12.9. The van der Waals surface area contributed by atoms with Crippen molar-refractivity contribution in [2.45, 2.75) is 30.0 Å². The van der Waals surface area contributed by atoms with Gasteiger partial charge in [0.2, 0.25) is 0 Å². The van der Waals surface area contributed by atoms with E-state index in [1.54, 1.807) is 6.07 Å². The number of fused-ring (bicyclic) bond motifs is 1. The highest BCUT2D eigenvalue weighted by molar-refractivity contribution is 7.94. The quantitative estimate of drug-likeness (QED) is 0.945. The molecule has 1 aromatic heterocycles. The average molecular weight is 322 g/mol. The molecule has 0 aliphatic carbocycles. The van der Waals surface area contributed by atoms with E-state index < -0.39 is 10.0 Å². The Morgan fingerprint density at radius 1 is 1.29 bits per heavy atom. The summed E-state index contributed by atoms with van der Waals surface area (Å²) >= 11 is 1.35. The molecule has 112 valence electrons. The maximum Gasteiger partial charge on any atom is 0.273 e. The molecule has 0 bridgehead atoms. The molecule has 6 heteroatoms. The molecule has 2 heterocycles. The van der Waals surface area contributed by atoms with Gasteiger partial charge in [0.1, 0.15) is 4.21 Å². The van der Waals surface area contributed by atoms with Crippen molar-refractivity contribution in [2.75, 3.05) is 10.8 Å². The number of thiophene rings is 1. The van der Waals surface area contributed by atoms with E-state index in [1.807, 2.05) is 37.3 Å². The monoisotopic (exact) mass is 322 g/mol. The molecule has 2 N–H and O–H groups in total. The standard InChI is InChI=1S/C15H18N2O2S2/c1-2-11-7-8-15(20-11)21(18,19)17-10-9-13(16)12-5-3-4-6-14(12)17/h3-8,13H,2,9-10,16H2,1H3. The van der Waals surface area contributed by atoms with Gasteiger partial charge in [-0.25, -0.2) is 8.42 Å². The van der Waals surface area contributed by atoms with Crippen LogP contribution in [0.15, 0.2) is 40.6 Å². The van der Waals surface area contributed by atoms with Crippen molar-refractivity contribution in [1.82, 2.24) is 0 Å². The number of para-hydroxylation sites is 1. The van der Waals surface area contributed by atoms with Crippen LogP contribution in [0.5, 0.6) is 0 Å². The van der Waals surface area contributed by atoms with Gasteiger partial charge < -0.3 is 5.73 Å². The Kier molecular flexibility index (Phi) is 3.77. The lowest BCUT2D eigenvalue weighted by molar-refractivity contribution is 0.576. The van der Waals surface area contributed by atoms with Crippen LogP contribution in [0.3, 0.4) is 0 Å². The first-order valence-corrected chi connectivity index (χ1v) is 9.25. The van der Waals surface area contributed by atoms with E-state index in [-0.39, 0.29) is 6.04 Å². The first kappa shape index (κ1) is 14.6. The third-order valence-corrected chi connectivity index (χ3v) is 7.29. The van der Waals surface area contributed by atoms with Crippen molar-refractivity contribution in [3.8, 4) is 0 Å². The third kappa shape index (κ3) is 2.47. The van der Waals surface area contributed by atoms with Crippen molar-refractivity contribution in [1.29, 1.82) is 0 Å².